The van der Waals surface area contributed by atoms with Crippen LogP contribution in [0.25, 0.3) is 16.8 Å². The molecule has 0 spiro atoms. The number of allylic oxidation sites excluding steroid dienone is 1. The van der Waals surface area contributed by atoms with Crippen molar-refractivity contribution in [3.8, 4) is 11.5 Å². The molecule has 9 heteroatoms. The molecule has 1 aromatic carbocycles. The van der Waals surface area contributed by atoms with Crippen molar-refractivity contribution in [3.63, 3.8) is 0 Å². The van der Waals surface area contributed by atoms with E-state index in [-0.39, 0.29) is 29.6 Å². The molecule has 6 rings (SSSR count). The van der Waals surface area contributed by atoms with Crippen molar-refractivity contribution < 1.29 is 33.3 Å². The van der Waals surface area contributed by atoms with Crippen LogP contribution >= 0.6 is 0 Å². The van der Waals surface area contributed by atoms with Crippen LogP contribution in [-0.4, -0.2) is 73.9 Å². The van der Waals surface area contributed by atoms with Crippen molar-refractivity contribution in [1.29, 1.82) is 0 Å². The first-order valence-electron chi connectivity index (χ1n) is 11.9. The molecule has 5 aliphatic rings. The molecule has 1 saturated heterocycles. The van der Waals surface area contributed by atoms with Crippen molar-refractivity contribution in [1.82, 2.24) is 9.47 Å². The molecule has 184 valence electrons. The Bertz CT molecular complexity index is 1670. The Balaban J connectivity index is 1.67. The number of morpholine rings is 1. The average molecular weight is 488 g/mol. The summed E-state index contributed by atoms with van der Waals surface area (Å²) in [6.07, 6.45) is 2.49. The van der Waals surface area contributed by atoms with Crippen LogP contribution in [0, 0.1) is 10.6 Å². The van der Waals surface area contributed by atoms with Gasteiger partial charge in [0.15, 0.2) is 23.2 Å². The van der Waals surface area contributed by atoms with Crippen molar-refractivity contribution in [2.75, 3.05) is 46.8 Å². The number of carbonyl (C=O) groups excluding carboxylic acids is 3. The Morgan fingerprint density at radius 2 is 1.78 bits per heavy atom. The average Bonchev–Trinajstić information content (AvgIpc) is 3.49. The minimum absolute atomic E-state index is 0.0421. The first kappa shape index (κ1) is 22.6. The molecule has 0 unspecified atom stereocenters. The van der Waals surface area contributed by atoms with Crippen molar-refractivity contribution in [2.45, 2.75) is 19.4 Å². The van der Waals surface area contributed by atoms with E-state index in [0.29, 0.717) is 69.5 Å². The summed E-state index contributed by atoms with van der Waals surface area (Å²) in [6.45, 7) is 4.53. The van der Waals surface area contributed by atoms with Gasteiger partial charge in [0.1, 0.15) is 17.0 Å². The quantitative estimate of drug-likeness (QED) is 0.509. The summed E-state index contributed by atoms with van der Waals surface area (Å²) >= 11 is 0. The molecule has 2 aliphatic carbocycles. The fourth-order valence-corrected chi connectivity index (χ4v) is 5.50. The summed E-state index contributed by atoms with van der Waals surface area (Å²) in [4.78, 5) is 40.5. The van der Waals surface area contributed by atoms with Gasteiger partial charge in [0.05, 0.1) is 37.3 Å². The highest BCUT2D eigenvalue weighted by molar-refractivity contribution is 6.05. The van der Waals surface area contributed by atoms with Gasteiger partial charge in [0.25, 0.3) is 0 Å². The Labute approximate surface area is 205 Å². The highest BCUT2D eigenvalue weighted by Crippen LogP contribution is 2.36. The third-order valence-electron chi connectivity index (χ3n) is 7.18. The summed E-state index contributed by atoms with van der Waals surface area (Å²) in [7, 11) is 1.49. The lowest BCUT2D eigenvalue weighted by Gasteiger charge is -2.26. The number of rotatable bonds is 5. The summed E-state index contributed by atoms with van der Waals surface area (Å²) < 4.78 is 23.8. The predicted molar refractivity (Wildman–Crippen MR) is 128 cm³/mol. The zero-order chi connectivity index (χ0) is 24.8. The van der Waals surface area contributed by atoms with Crippen LogP contribution < -0.4 is 20.0 Å². The van der Waals surface area contributed by atoms with Crippen LogP contribution in [0.4, 0.5) is 0 Å². The number of nitrogens with zero attached hydrogens (tertiary/aromatic N) is 2. The highest BCUT2D eigenvalue weighted by Gasteiger charge is 2.28. The van der Waals surface area contributed by atoms with E-state index in [0.717, 1.165) is 26.1 Å². The van der Waals surface area contributed by atoms with Crippen molar-refractivity contribution in [2.24, 2.45) is 0 Å². The topological polar surface area (TPSA) is 96.3 Å². The van der Waals surface area contributed by atoms with E-state index in [2.05, 4.69) is 16.8 Å². The summed E-state index contributed by atoms with van der Waals surface area (Å²) in [6, 6.07) is 3.56. The summed E-state index contributed by atoms with van der Waals surface area (Å²) in [5.74, 6) is 5.46. The molecule has 0 aromatic heterocycles. The zero-order valence-electron chi connectivity index (χ0n) is 19.8. The van der Waals surface area contributed by atoms with E-state index >= 15 is 0 Å². The van der Waals surface area contributed by atoms with Crippen LogP contribution in [0.5, 0.6) is 11.5 Å². The van der Waals surface area contributed by atoms with Crippen LogP contribution in [0.1, 0.15) is 28.8 Å². The zero-order valence-corrected chi connectivity index (χ0v) is 19.8. The number of fused-ring (bicyclic) bond motifs is 5. The second-order valence-corrected chi connectivity index (χ2v) is 9.06. The lowest BCUT2D eigenvalue weighted by atomic mass is 9.93. The smallest absolute Gasteiger partial charge is 0.231 e. The van der Waals surface area contributed by atoms with E-state index in [1.165, 1.54) is 7.11 Å². The van der Waals surface area contributed by atoms with Gasteiger partial charge < -0.3 is 23.5 Å². The number of Topliss-reactive ketones (excluding diaryl/α,β-unsaturated/α-hetero) is 1. The summed E-state index contributed by atoms with van der Waals surface area (Å²) in [5, 5.41) is 2.95. The lowest BCUT2D eigenvalue weighted by molar-refractivity contribution is 0.0369. The van der Waals surface area contributed by atoms with Crippen LogP contribution in [0.3, 0.4) is 0 Å². The van der Waals surface area contributed by atoms with E-state index in [1.807, 2.05) is 10.6 Å². The van der Waals surface area contributed by atoms with Crippen LogP contribution in [0.15, 0.2) is 17.9 Å². The van der Waals surface area contributed by atoms with Gasteiger partial charge in [-0.1, -0.05) is 0 Å². The molecule has 9 nitrogen and oxygen atoms in total. The maximum atomic E-state index is 13.4. The number of ketones is 1. The minimum Gasteiger partial charge on any atom is -0.501 e. The fourth-order valence-electron chi connectivity index (χ4n) is 5.50. The largest absolute Gasteiger partial charge is 0.501 e. The molecule has 36 heavy (non-hydrogen) atoms. The number of methoxy groups -OCH3 is 1. The molecule has 3 aliphatic heterocycles. The molecule has 0 amide bonds. The molecule has 0 saturated carbocycles. The maximum absolute atomic E-state index is 13.4. The van der Waals surface area contributed by atoms with Crippen molar-refractivity contribution >= 4 is 34.5 Å². The third-order valence-corrected chi connectivity index (χ3v) is 7.18. The normalized spacial score (nSPS) is 17.1. The molecular weight excluding hydrogens is 464 g/mol. The molecule has 0 N–H and O–H groups in total. The minimum atomic E-state index is -0.224. The first-order chi connectivity index (χ1) is 17.6. The van der Waals surface area contributed by atoms with Gasteiger partial charge in [-0.3, -0.25) is 9.69 Å². The number of benzene rings is 1. The van der Waals surface area contributed by atoms with Gasteiger partial charge in [-0.2, -0.15) is 0 Å². The highest BCUT2D eigenvalue weighted by atomic mass is 16.7. The number of hydrogen-bond acceptors (Lipinski definition) is 8. The van der Waals surface area contributed by atoms with Crippen molar-refractivity contribution in [3.05, 3.63) is 50.2 Å². The van der Waals surface area contributed by atoms with Gasteiger partial charge in [-0.25, -0.2) is 9.59 Å². The number of hydrogen-bond donors (Lipinski definition) is 0. The van der Waals surface area contributed by atoms with Crippen LogP contribution in [0.2, 0.25) is 0 Å². The molecule has 0 atom stereocenters. The Morgan fingerprint density at radius 1 is 1.03 bits per heavy atom. The fraction of sp³-hybridized carbons (Fsp3) is 0.370. The van der Waals surface area contributed by atoms with Gasteiger partial charge in [-0.05, 0) is 24.6 Å². The molecule has 1 aromatic rings. The monoisotopic (exact) mass is 488 g/mol. The van der Waals surface area contributed by atoms with E-state index < -0.39 is 0 Å². The number of aromatic nitrogens is 1. The maximum Gasteiger partial charge on any atom is 0.231 e. The SMILES string of the molecule is COC1=Cc2c(c3c(=C=O)c4cc5c(cc4c=3n(CCCN3CCOCC3)c2=C=O)OCO5)C(=O)C1. The van der Waals surface area contributed by atoms with Crippen LogP contribution in [-0.2, 0) is 25.6 Å². The number of ether oxygens (including phenoxy) is 4. The Kier molecular flexibility index (Phi) is 5.63. The predicted octanol–water partition coefficient (Wildman–Crippen LogP) is 0.397. The van der Waals surface area contributed by atoms with Gasteiger partial charge >= 0.3 is 0 Å². The molecular formula is C27H24N2O7. The molecule has 0 radical (unpaired) electrons. The molecule has 1 fully saturated rings. The van der Waals surface area contributed by atoms with E-state index in [9.17, 15) is 14.4 Å². The standard InChI is InChI=1S/C27H24N2O7/c1-33-16-9-19-21(14-31)29(4-2-3-28-5-7-34-8-6-28)27-18-12-24-23(35-15-36-24)11-17(18)20(13-30)26(27)25(19)22(32)10-16/h9,11-12H,2-8,10,15H2,1H3. The lowest BCUT2D eigenvalue weighted by Crippen LogP contribution is -2.38. The van der Waals surface area contributed by atoms with E-state index in [1.54, 1.807) is 12.1 Å². The molecule has 3 heterocycles. The third kappa shape index (κ3) is 3.45. The Morgan fingerprint density at radius 3 is 2.47 bits per heavy atom. The summed E-state index contributed by atoms with van der Waals surface area (Å²) in [5.41, 5.74) is 0.744. The van der Waals surface area contributed by atoms with Gasteiger partial charge in [0, 0.05) is 53.3 Å². The van der Waals surface area contributed by atoms with Gasteiger partial charge in [0.2, 0.25) is 6.79 Å². The van der Waals surface area contributed by atoms with Gasteiger partial charge in [-0.15, -0.1) is 0 Å². The first-order valence-corrected chi connectivity index (χ1v) is 11.9. The van der Waals surface area contributed by atoms with E-state index in [4.69, 9.17) is 18.9 Å². The number of carbonyl (C=O) groups is 1. The Hall–Kier alpha value is -3.87. The molecule has 0 bridgehead atoms. The second-order valence-electron chi connectivity index (χ2n) is 9.06. The second kappa shape index (κ2) is 8.97.